The lowest BCUT2D eigenvalue weighted by atomic mass is 9.54. The second kappa shape index (κ2) is 7.66. The first kappa shape index (κ1) is 22.8. The second-order valence-corrected chi connectivity index (χ2v) is 11.3. The van der Waals surface area contributed by atoms with Crippen molar-refractivity contribution in [1.82, 2.24) is 4.90 Å². The Morgan fingerprint density at radius 2 is 1.23 bits per heavy atom. The van der Waals surface area contributed by atoms with Gasteiger partial charge in [-0.3, -0.25) is 19.3 Å². The molecule has 3 aromatic carbocycles. The van der Waals surface area contributed by atoms with Gasteiger partial charge in [-0.2, -0.15) is 0 Å². The van der Waals surface area contributed by atoms with E-state index in [1.807, 2.05) is 48.5 Å². The third kappa shape index (κ3) is 2.85. The summed E-state index contributed by atoms with van der Waals surface area (Å²) in [6, 6.07) is 20.9. The van der Waals surface area contributed by atoms with E-state index in [0.29, 0.717) is 5.69 Å². The lowest BCUT2D eigenvalue weighted by molar-refractivity contribution is -0.146. The van der Waals surface area contributed by atoms with Crippen molar-refractivity contribution < 1.29 is 14.4 Å². The molecular formula is C27H19BrCl2N2O3. The van der Waals surface area contributed by atoms with Gasteiger partial charge in [0.25, 0.3) is 0 Å². The van der Waals surface area contributed by atoms with Gasteiger partial charge in [-0.05, 0) is 53.4 Å². The van der Waals surface area contributed by atoms with Crippen molar-refractivity contribution in [3.63, 3.8) is 0 Å². The molecule has 0 spiro atoms. The number of benzene rings is 3. The third-order valence-electron chi connectivity index (χ3n) is 7.50. The van der Waals surface area contributed by atoms with Crippen molar-refractivity contribution in [3.8, 4) is 0 Å². The number of likely N-dealkylation sites (tertiary alicyclic amines) is 1. The van der Waals surface area contributed by atoms with E-state index >= 15 is 0 Å². The smallest absolute Gasteiger partial charge is 0.247 e. The highest BCUT2D eigenvalue weighted by Crippen LogP contribution is 2.69. The summed E-state index contributed by atoms with van der Waals surface area (Å²) in [6.07, 6.45) is 0. The summed E-state index contributed by atoms with van der Waals surface area (Å²) < 4.78 is 0.868. The van der Waals surface area contributed by atoms with Gasteiger partial charge in [-0.1, -0.05) is 64.5 Å². The van der Waals surface area contributed by atoms with Gasteiger partial charge in [0.1, 0.15) is 15.8 Å². The van der Waals surface area contributed by atoms with Gasteiger partial charge < -0.3 is 5.32 Å². The molecule has 2 bridgehead atoms. The fraction of sp³-hybridized carbons (Fsp3) is 0.222. The number of carbonyl (C=O) groups excluding carboxylic acids is 3. The summed E-state index contributed by atoms with van der Waals surface area (Å²) in [4.78, 5) is 39.5. The van der Waals surface area contributed by atoms with E-state index in [-0.39, 0.29) is 0 Å². The molecule has 3 amide bonds. The molecule has 176 valence electrons. The zero-order valence-electron chi connectivity index (χ0n) is 18.5. The maximum Gasteiger partial charge on any atom is 0.247 e. The van der Waals surface area contributed by atoms with Crippen molar-refractivity contribution >= 4 is 62.5 Å². The van der Waals surface area contributed by atoms with Crippen LogP contribution in [0, 0.1) is 11.8 Å². The average molecular weight is 570 g/mol. The molecule has 1 N–H and O–H groups in total. The van der Waals surface area contributed by atoms with Crippen LogP contribution in [0.15, 0.2) is 77.3 Å². The highest BCUT2D eigenvalue weighted by atomic mass is 79.9. The molecule has 4 aliphatic rings. The van der Waals surface area contributed by atoms with Gasteiger partial charge >= 0.3 is 0 Å². The number of anilines is 1. The zero-order valence-corrected chi connectivity index (χ0v) is 21.6. The fourth-order valence-corrected chi connectivity index (χ4v) is 7.33. The van der Waals surface area contributed by atoms with Gasteiger partial charge in [-0.15, -0.1) is 23.2 Å². The van der Waals surface area contributed by atoms with E-state index in [9.17, 15) is 14.4 Å². The van der Waals surface area contributed by atoms with Crippen LogP contribution in [0.5, 0.6) is 0 Å². The first-order valence-electron chi connectivity index (χ1n) is 11.2. The van der Waals surface area contributed by atoms with E-state index in [1.165, 1.54) is 0 Å². The first-order valence-corrected chi connectivity index (χ1v) is 12.8. The second-order valence-electron chi connectivity index (χ2n) is 9.19. The highest BCUT2D eigenvalue weighted by molar-refractivity contribution is 9.10. The lowest BCUT2D eigenvalue weighted by Gasteiger charge is -2.54. The van der Waals surface area contributed by atoms with Crippen molar-refractivity contribution in [2.75, 3.05) is 5.32 Å². The Bertz CT molecular complexity index is 1300. The Balaban J connectivity index is 1.45. The van der Waals surface area contributed by atoms with Crippen LogP contribution in [0.1, 0.15) is 29.2 Å². The van der Waals surface area contributed by atoms with Crippen LogP contribution >= 0.6 is 39.1 Å². The summed E-state index contributed by atoms with van der Waals surface area (Å²) in [5, 5.41) is 2.79. The van der Waals surface area contributed by atoms with Gasteiger partial charge in [0.2, 0.25) is 17.7 Å². The van der Waals surface area contributed by atoms with E-state index in [2.05, 4.69) is 21.2 Å². The molecule has 0 radical (unpaired) electrons. The van der Waals surface area contributed by atoms with E-state index < -0.39 is 45.3 Å². The minimum Gasteiger partial charge on any atom is -0.324 e. The molecule has 1 heterocycles. The van der Waals surface area contributed by atoms with Crippen molar-refractivity contribution in [1.29, 1.82) is 0 Å². The summed E-state index contributed by atoms with van der Waals surface area (Å²) in [5.41, 5.74) is 3.47. The molecule has 35 heavy (non-hydrogen) atoms. The van der Waals surface area contributed by atoms with E-state index in [0.717, 1.165) is 31.6 Å². The molecule has 1 aliphatic heterocycles. The molecule has 1 saturated heterocycles. The number of alkyl halides is 2. The van der Waals surface area contributed by atoms with Crippen molar-refractivity contribution in [2.24, 2.45) is 11.8 Å². The number of rotatable bonds is 3. The lowest BCUT2D eigenvalue weighted by Crippen LogP contribution is -2.57. The molecular weight excluding hydrogens is 551 g/mol. The summed E-state index contributed by atoms with van der Waals surface area (Å²) in [7, 11) is 0. The largest absolute Gasteiger partial charge is 0.324 e. The minimum atomic E-state index is -1.27. The van der Waals surface area contributed by atoms with E-state index in [1.54, 1.807) is 31.2 Å². The Morgan fingerprint density at radius 3 is 1.63 bits per heavy atom. The Kier molecular flexibility index (Phi) is 4.99. The summed E-state index contributed by atoms with van der Waals surface area (Å²) in [6.45, 7) is 1.55. The van der Waals surface area contributed by atoms with Crippen LogP contribution in [0.4, 0.5) is 5.69 Å². The standard InChI is InChI=1S/C27H19BrCl2N2O3/c1-14(23(33)31-16-12-10-15(28)11-13-16)32-24(34)21-22(25(32)35)27(30)18-7-3-2-6-17(18)26(21,29)19-8-4-5-9-20(19)27/h2-14,21-22H,1H3,(H,31,33)/t14-,21-,22-,26?,27?/m1/s1. The van der Waals surface area contributed by atoms with Gasteiger partial charge in [-0.25, -0.2) is 0 Å². The van der Waals surface area contributed by atoms with Crippen LogP contribution in [0.3, 0.4) is 0 Å². The molecule has 0 saturated carbocycles. The number of amides is 3. The normalized spacial score (nSPS) is 28.9. The predicted octanol–water partition coefficient (Wildman–Crippen LogP) is 5.37. The molecule has 5 nitrogen and oxygen atoms in total. The molecule has 3 atom stereocenters. The number of hydrogen-bond donors (Lipinski definition) is 1. The summed E-state index contributed by atoms with van der Waals surface area (Å²) in [5.74, 6) is -3.30. The minimum absolute atomic E-state index is 0.470. The Hall–Kier alpha value is -2.67. The maximum atomic E-state index is 13.9. The third-order valence-corrected chi connectivity index (χ3v) is 9.31. The molecule has 7 rings (SSSR count). The van der Waals surface area contributed by atoms with Crippen LogP contribution in [0.2, 0.25) is 0 Å². The predicted molar refractivity (Wildman–Crippen MR) is 137 cm³/mol. The maximum absolute atomic E-state index is 13.9. The quantitative estimate of drug-likeness (QED) is 0.341. The molecule has 0 unspecified atom stereocenters. The van der Waals surface area contributed by atoms with E-state index in [4.69, 9.17) is 23.2 Å². The Morgan fingerprint density at radius 1 is 0.829 bits per heavy atom. The Labute approximate surface area is 220 Å². The van der Waals surface area contributed by atoms with Crippen molar-refractivity contribution in [2.45, 2.75) is 22.7 Å². The fourth-order valence-electron chi connectivity index (χ4n) is 5.97. The van der Waals surface area contributed by atoms with Crippen LogP contribution in [-0.4, -0.2) is 28.7 Å². The number of nitrogens with zero attached hydrogens (tertiary/aromatic N) is 1. The molecule has 8 heteroatoms. The first-order chi connectivity index (χ1) is 16.7. The molecule has 3 aliphatic carbocycles. The van der Waals surface area contributed by atoms with Gasteiger partial charge in [0.15, 0.2) is 0 Å². The average Bonchev–Trinajstić information content (AvgIpc) is 3.14. The van der Waals surface area contributed by atoms with Crippen LogP contribution < -0.4 is 5.32 Å². The number of halogens is 3. The molecule has 1 fully saturated rings. The SMILES string of the molecule is C[C@H](C(=O)Nc1ccc(Br)cc1)N1C(=O)[C@H]2[C@H](C1=O)C1(Cl)c3ccccc3C2(Cl)c2ccccc21. The van der Waals surface area contributed by atoms with Crippen molar-refractivity contribution in [3.05, 3.63) is 99.5 Å². The number of nitrogens with one attached hydrogen (secondary N) is 1. The van der Waals surface area contributed by atoms with Gasteiger partial charge in [0, 0.05) is 10.2 Å². The number of imide groups is 1. The molecule has 0 aromatic heterocycles. The summed E-state index contributed by atoms with van der Waals surface area (Å²) >= 11 is 18.2. The monoisotopic (exact) mass is 568 g/mol. The van der Waals surface area contributed by atoms with Crippen LogP contribution in [-0.2, 0) is 24.1 Å². The van der Waals surface area contributed by atoms with Gasteiger partial charge in [0.05, 0.1) is 11.8 Å². The highest BCUT2D eigenvalue weighted by Gasteiger charge is 2.73. The number of carbonyl (C=O) groups is 3. The molecule has 3 aromatic rings. The topological polar surface area (TPSA) is 66.5 Å². The van der Waals surface area contributed by atoms with Crippen LogP contribution in [0.25, 0.3) is 0 Å². The zero-order chi connectivity index (χ0) is 24.7. The number of hydrogen-bond acceptors (Lipinski definition) is 3.